The summed E-state index contributed by atoms with van der Waals surface area (Å²) in [7, 11) is 0. The van der Waals surface area contributed by atoms with Gasteiger partial charge in [-0.2, -0.15) is 0 Å². The molecule has 3 aliphatic rings. The van der Waals surface area contributed by atoms with Crippen LogP contribution in [0.4, 0.5) is 0 Å². The van der Waals surface area contributed by atoms with Crippen LogP contribution in [0.25, 0.3) is 0 Å². The van der Waals surface area contributed by atoms with E-state index < -0.39 is 72.8 Å². The molecule has 0 saturated carbocycles. The van der Waals surface area contributed by atoms with Gasteiger partial charge in [-0.15, -0.1) is 11.8 Å². The molecule has 12 nitrogen and oxygen atoms in total. The Kier molecular flexibility index (Phi) is 18.1. The zero-order chi connectivity index (χ0) is 48.8. The number of aliphatic hydroxyl groups excluding tert-OH is 1. The quantitative estimate of drug-likeness (QED) is 0.0688. The molecule has 3 aliphatic heterocycles. The maximum absolute atomic E-state index is 14.6. The number of fused-ring (bicyclic) bond motifs is 1. The molecule has 0 radical (unpaired) electrons. The van der Waals surface area contributed by atoms with Crippen LogP contribution < -0.4 is 0 Å². The van der Waals surface area contributed by atoms with Gasteiger partial charge in [0.25, 0.3) is 0 Å². The summed E-state index contributed by atoms with van der Waals surface area (Å²) in [5.74, 6) is 0.219. The summed E-state index contributed by atoms with van der Waals surface area (Å²) in [6.07, 6.45) is -7.96. The predicted molar refractivity (Wildman–Crippen MR) is 268 cm³/mol. The number of benzene rings is 6. The zero-order valence-electron chi connectivity index (χ0n) is 40.0. The lowest BCUT2D eigenvalue weighted by Crippen LogP contribution is -2.62. The normalized spacial score (nSPS) is 26.3. The number of esters is 1. The molecular weight excluding hydrogens is 921 g/mol. The molecule has 372 valence electrons. The average molecular weight is 983 g/mol. The number of ether oxygens (including phenoxy) is 10. The first-order valence-electron chi connectivity index (χ1n) is 24.3. The number of aliphatic hydroxyl groups is 1. The Morgan fingerprint density at radius 3 is 1.70 bits per heavy atom. The summed E-state index contributed by atoms with van der Waals surface area (Å²) in [5.41, 5.74) is 6.04. The molecular formula is C58H62O12S. The highest BCUT2D eigenvalue weighted by atomic mass is 32.2. The Hall–Kier alpha value is -5.26. The molecule has 1 N–H and O–H groups in total. The van der Waals surface area contributed by atoms with Crippen molar-refractivity contribution in [3.8, 4) is 0 Å². The molecule has 0 spiro atoms. The molecule has 13 heteroatoms. The maximum atomic E-state index is 14.6. The third kappa shape index (κ3) is 13.4. The van der Waals surface area contributed by atoms with Gasteiger partial charge in [-0.05, 0) is 52.1 Å². The Morgan fingerprint density at radius 2 is 1.13 bits per heavy atom. The molecule has 6 aromatic rings. The zero-order valence-corrected chi connectivity index (χ0v) is 40.8. The minimum Gasteiger partial charge on any atom is -0.453 e. The Balaban J connectivity index is 0.919. The second-order valence-corrected chi connectivity index (χ2v) is 19.2. The summed E-state index contributed by atoms with van der Waals surface area (Å²) in [5, 5.41) is 12.1. The van der Waals surface area contributed by atoms with Crippen molar-refractivity contribution >= 4 is 17.7 Å². The first kappa shape index (κ1) is 50.7. The van der Waals surface area contributed by atoms with Crippen LogP contribution in [-0.2, 0) is 80.4 Å². The van der Waals surface area contributed by atoms with Crippen LogP contribution in [0.3, 0.4) is 0 Å². The van der Waals surface area contributed by atoms with Gasteiger partial charge in [-0.3, -0.25) is 0 Å². The van der Waals surface area contributed by atoms with Crippen molar-refractivity contribution in [2.45, 2.75) is 114 Å². The van der Waals surface area contributed by atoms with Gasteiger partial charge in [0, 0.05) is 5.56 Å². The van der Waals surface area contributed by atoms with Crippen molar-refractivity contribution in [1.29, 1.82) is 0 Å². The van der Waals surface area contributed by atoms with Crippen LogP contribution in [-0.4, -0.2) is 90.6 Å². The molecule has 0 unspecified atom stereocenters. The SMILES string of the molecule is CCS[C@@H]1O[C@@H]2CO[C@@H](c3ccccc3)O[C@H]2[C@H](OC(=O)c2cc(COC[C@H]3O[C@H](OCc4ccccc4)[C@H](OCc4ccccc4)[C@@H](OCc4ccccc4)[C@@H]3O)ccc2C)[C@H]1OCc1ccccc1. The Bertz CT molecular complexity index is 2520. The fraction of sp³-hybridized carbons (Fsp3) is 0.362. The third-order valence-electron chi connectivity index (χ3n) is 12.7. The van der Waals surface area contributed by atoms with Gasteiger partial charge in [0.15, 0.2) is 18.7 Å². The average Bonchev–Trinajstić information content (AvgIpc) is 3.41. The number of thioether (sulfide) groups is 1. The van der Waals surface area contributed by atoms with E-state index in [0.717, 1.165) is 44.7 Å². The van der Waals surface area contributed by atoms with Gasteiger partial charge < -0.3 is 52.5 Å². The minimum absolute atomic E-state index is 0.0132. The van der Waals surface area contributed by atoms with Gasteiger partial charge in [0.1, 0.15) is 48.2 Å². The molecule has 0 aliphatic carbocycles. The Labute approximate surface area is 420 Å². The van der Waals surface area contributed by atoms with Crippen molar-refractivity contribution in [1.82, 2.24) is 0 Å². The second kappa shape index (κ2) is 25.4. The summed E-state index contributed by atoms with van der Waals surface area (Å²) in [6.45, 7) is 5.28. The van der Waals surface area contributed by atoms with Crippen LogP contribution in [0, 0.1) is 6.92 Å². The monoisotopic (exact) mass is 982 g/mol. The summed E-state index contributed by atoms with van der Waals surface area (Å²) in [4.78, 5) is 14.6. The van der Waals surface area contributed by atoms with Crippen molar-refractivity contribution in [2.24, 2.45) is 0 Å². The fourth-order valence-electron chi connectivity index (χ4n) is 8.98. The van der Waals surface area contributed by atoms with Crippen molar-refractivity contribution in [2.75, 3.05) is 19.0 Å². The maximum Gasteiger partial charge on any atom is 0.338 e. The van der Waals surface area contributed by atoms with Gasteiger partial charge in [-0.1, -0.05) is 171 Å². The number of hydrogen-bond acceptors (Lipinski definition) is 13. The molecule has 0 amide bonds. The molecule has 0 bridgehead atoms. The fourth-order valence-corrected chi connectivity index (χ4v) is 9.95. The molecule has 0 aromatic heterocycles. The van der Waals surface area contributed by atoms with Crippen LogP contribution in [0.1, 0.15) is 62.5 Å². The third-order valence-corrected chi connectivity index (χ3v) is 13.8. The highest BCUT2D eigenvalue weighted by Gasteiger charge is 2.53. The molecule has 11 atom stereocenters. The Morgan fingerprint density at radius 1 is 0.592 bits per heavy atom. The summed E-state index contributed by atoms with van der Waals surface area (Å²) < 4.78 is 65.1. The summed E-state index contributed by atoms with van der Waals surface area (Å²) >= 11 is 1.59. The first-order valence-corrected chi connectivity index (χ1v) is 25.4. The van der Waals surface area contributed by atoms with E-state index in [9.17, 15) is 9.90 Å². The standard InChI is InChI=1S/C58H62O12S/c1-3-71-58-54(64-35-42-23-13-6-14-24-42)52(50-48(68-58)38-66-56(70-50)45-27-17-8-18-28-45)69-55(60)46-31-44(30-29-39(46)2)32-61-37-47-49(59)51(62-33-40-19-9-4-10-20-40)53(63-34-41-21-11-5-12-22-41)57(67-47)65-36-43-25-15-7-16-26-43/h4-31,47-54,56-59H,3,32-38H2,1-2H3/t47-,48-,49-,50-,51+,52+,53-,54-,56-,57+,58+/m1/s1. The molecule has 71 heavy (non-hydrogen) atoms. The van der Waals surface area contributed by atoms with Crippen molar-refractivity contribution < 1.29 is 57.3 Å². The van der Waals surface area contributed by atoms with E-state index in [-0.39, 0.29) is 46.2 Å². The van der Waals surface area contributed by atoms with Crippen molar-refractivity contribution in [3.63, 3.8) is 0 Å². The number of carbonyl (C=O) groups excluding carboxylic acids is 1. The van der Waals surface area contributed by atoms with Crippen LogP contribution >= 0.6 is 11.8 Å². The van der Waals surface area contributed by atoms with E-state index in [4.69, 9.17) is 47.4 Å². The number of rotatable bonds is 21. The van der Waals surface area contributed by atoms with Gasteiger partial charge in [0.2, 0.25) is 0 Å². The van der Waals surface area contributed by atoms with Gasteiger partial charge in [0.05, 0.1) is 51.8 Å². The summed E-state index contributed by atoms with van der Waals surface area (Å²) in [6, 6.07) is 54.6. The van der Waals surface area contributed by atoms with E-state index in [2.05, 4.69) is 6.92 Å². The highest BCUT2D eigenvalue weighted by molar-refractivity contribution is 7.99. The van der Waals surface area contributed by atoms with Gasteiger partial charge >= 0.3 is 5.97 Å². The smallest absolute Gasteiger partial charge is 0.338 e. The van der Waals surface area contributed by atoms with E-state index in [1.807, 2.05) is 171 Å². The minimum atomic E-state index is -1.15. The first-order chi connectivity index (χ1) is 34.9. The highest BCUT2D eigenvalue weighted by Crippen LogP contribution is 2.40. The second-order valence-electron chi connectivity index (χ2n) is 17.8. The molecule has 3 heterocycles. The van der Waals surface area contributed by atoms with Gasteiger partial charge in [-0.25, -0.2) is 4.79 Å². The van der Waals surface area contributed by atoms with Crippen LogP contribution in [0.5, 0.6) is 0 Å². The van der Waals surface area contributed by atoms with E-state index >= 15 is 0 Å². The topological polar surface area (TPSA) is 130 Å². The molecule has 6 aromatic carbocycles. The largest absolute Gasteiger partial charge is 0.453 e. The lowest BCUT2D eigenvalue weighted by atomic mass is 9.97. The predicted octanol–water partition coefficient (Wildman–Crippen LogP) is 9.69. The lowest BCUT2D eigenvalue weighted by molar-refractivity contribution is -0.324. The molecule has 3 fully saturated rings. The molecule has 9 rings (SSSR count). The van der Waals surface area contributed by atoms with Crippen molar-refractivity contribution in [3.05, 3.63) is 214 Å². The molecule has 3 saturated heterocycles. The van der Waals surface area contributed by atoms with E-state index in [1.165, 1.54) is 0 Å². The van der Waals surface area contributed by atoms with Crippen LogP contribution in [0.15, 0.2) is 170 Å². The number of aryl methyl sites for hydroxylation is 1. The number of hydrogen-bond donors (Lipinski definition) is 1. The number of carbonyl (C=O) groups is 1. The van der Waals surface area contributed by atoms with E-state index in [1.54, 1.807) is 17.8 Å². The lowest BCUT2D eigenvalue weighted by Gasteiger charge is -2.48. The van der Waals surface area contributed by atoms with E-state index in [0.29, 0.717) is 5.56 Å². The van der Waals surface area contributed by atoms with Crippen LogP contribution in [0.2, 0.25) is 0 Å².